The van der Waals surface area contributed by atoms with E-state index in [9.17, 15) is 19.8 Å². The summed E-state index contributed by atoms with van der Waals surface area (Å²) in [6.07, 6.45) is 3.18. The van der Waals surface area contributed by atoms with Crippen LogP contribution in [0.1, 0.15) is 78.6 Å². The highest BCUT2D eigenvalue weighted by molar-refractivity contribution is 6.32. The topological polar surface area (TPSA) is 120 Å². The van der Waals surface area contributed by atoms with E-state index in [4.69, 9.17) is 21.4 Å². The lowest BCUT2D eigenvalue weighted by molar-refractivity contribution is -0.118. The lowest BCUT2D eigenvalue weighted by Crippen LogP contribution is -2.45. The number of halogens is 1. The van der Waals surface area contributed by atoms with Gasteiger partial charge in [-0.3, -0.25) is 14.5 Å². The lowest BCUT2D eigenvalue weighted by Gasteiger charge is -2.39. The van der Waals surface area contributed by atoms with E-state index in [2.05, 4.69) is 19.2 Å². The Balaban J connectivity index is 1.48. The van der Waals surface area contributed by atoms with Crippen LogP contribution in [0.3, 0.4) is 0 Å². The third kappa shape index (κ3) is 8.69. The summed E-state index contributed by atoms with van der Waals surface area (Å²) in [6, 6.07) is 21.6. The van der Waals surface area contributed by atoms with Crippen molar-refractivity contribution in [2.45, 2.75) is 71.7 Å². The molecule has 2 atom stereocenters. The Morgan fingerprint density at radius 3 is 2.41 bits per heavy atom. The molecule has 260 valence electrons. The number of anilines is 1. The minimum Gasteiger partial charge on any atom is -0.482 e. The van der Waals surface area contributed by atoms with Crippen molar-refractivity contribution in [3.8, 4) is 11.4 Å². The number of hydrogen-bond acceptors (Lipinski definition) is 7. The monoisotopic (exact) mass is 687 g/mol. The Bertz CT molecular complexity index is 1740. The molecule has 2 heterocycles. The summed E-state index contributed by atoms with van der Waals surface area (Å²) in [4.78, 5) is 30.4. The van der Waals surface area contributed by atoms with Gasteiger partial charge in [-0.2, -0.15) is 5.10 Å². The van der Waals surface area contributed by atoms with Crippen LogP contribution in [0.4, 0.5) is 5.69 Å². The number of nitrogens with one attached hydrogen (secondary N) is 1. The van der Waals surface area contributed by atoms with E-state index in [0.717, 1.165) is 42.5 Å². The summed E-state index contributed by atoms with van der Waals surface area (Å²) in [6.45, 7) is 7.41. The number of carbonyl (C=O) groups is 2. The third-order valence-corrected chi connectivity index (χ3v) is 9.20. The molecular weight excluding hydrogens is 642 g/mol. The fraction of sp³-hybridized carbons (Fsp3) is 0.395. The number of aryl methyl sites for hydroxylation is 1. The van der Waals surface area contributed by atoms with E-state index >= 15 is 0 Å². The molecule has 5 rings (SSSR count). The van der Waals surface area contributed by atoms with E-state index in [1.807, 2.05) is 41.0 Å². The molecule has 0 spiro atoms. The van der Waals surface area contributed by atoms with Crippen molar-refractivity contribution in [3.63, 3.8) is 0 Å². The number of carbonyl (C=O) groups excluding carboxylic acids is 2. The first-order chi connectivity index (χ1) is 23.7. The zero-order chi connectivity index (χ0) is 34.9. The van der Waals surface area contributed by atoms with Gasteiger partial charge in [-0.05, 0) is 73.7 Å². The highest BCUT2D eigenvalue weighted by Crippen LogP contribution is 2.34. The van der Waals surface area contributed by atoms with Gasteiger partial charge in [0.2, 0.25) is 0 Å². The molecule has 1 unspecified atom stereocenters. The summed E-state index contributed by atoms with van der Waals surface area (Å²) in [5.41, 5.74) is 4.70. The molecule has 1 aliphatic heterocycles. The number of unbranched alkanes of at least 4 members (excludes halogenated alkanes) is 2. The Kier molecular flexibility index (Phi) is 12.5. The molecule has 0 saturated carbocycles. The minimum atomic E-state index is -1.18. The van der Waals surface area contributed by atoms with Crippen molar-refractivity contribution < 1.29 is 24.5 Å². The molecule has 11 heteroatoms. The summed E-state index contributed by atoms with van der Waals surface area (Å²) < 4.78 is 7.30. The summed E-state index contributed by atoms with van der Waals surface area (Å²) in [5, 5.41) is 30.5. The molecule has 1 aromatic heterocycles. The maximum atomic E-state index is 13.7. The molecule has 0 radical (unpaired) electrons. The Morgan fingerprint density at radius 2 is 1.71 bits per heavy atom. The number of amides is 2. The number of rotatable bonds is 15. The van der Waals surface area contributed by atoms with Gasteiger partial charge >= 0.3 is 0 Å². The molecule has 0 aliphatic carbocycles. The van der Waals surface area contributed by atoms with Gasteiger partial charge in [-0.25, -0.2) is 4.68 Å². The summed E-state index contributed by atoms with van der Waals surface area (Å²) in [7, 11) is 0. The average molecular weight is 688 g/mol. The minimum absolute atomic E-state index is 0.124. The van der Waals surface area contributed by atoms with Crippen molar-refractivity contribution in [1.82, 2.24) is 19.6 Å². The van der Waals surface area contributed by atoms with Gasteiger partial charge < -0.3 is 25.2 Å². The van der Waals surface area contributed by atoms with Gasteiger partial charge in [-0.1, -0.05) is 74.7 Å². The number of aliphatic hydroxyl groups is 2. The highest BCUT2D eigenvalue weighted by Gasteiger charge is 2.33. The molecule has 4 aromatic rings. The van der Waals surface area contributed by atoms with E-state index in [1.165, 1.54) is 0 Å². The smallest absolute Gasteiger partial charge is 0.274 e. The van der Waals surface area contributed by atoms with E-state index < -0.39 is 12.1 Å². The van der Waals surface area contributed by atoms with Crippen LogP contribution in [-0.4, -0.2) is 74.0 Å². The molecule has 0 saturated heterocycles. The van der Waals surface area contributed by atoms with Gasteiger partial charge in [0.15, 0.2) is 12.3 Å². The van der Waals surface area contributed by atoms with Crippen molar-refractivity contribution in [2.24, 2.45) is 0 Å². The first kappa shape index (κ1) is 36.1. The number of nitrogens with zero attached hydrogens (tertiary/aromatic N) is 4. The van der Waals surface area contributed by atoms with Crippen LogP contribution in [0.15, 0.2) is 72.8 Å². The average Bonchev–Trinajstić information content (AvgIpc) is 3.51. The van der Waals surface area contributed by atoms with Gasteiger partial charge in [0.05, 0.1) is 17.3 Å². The second kappa shape index (κ2) is 16.9. The summed E-state index contributed by atoms with van der Waals surface area (Å²) >= 11 is 6.19. The lowest BCUT2D eigenvalue weighted by atomic mass is 9.93. The number of ether oxygens (including phenoxy) is 1. The maximum absolute atomic E-state index is 13.7. The van der Waals surface area contributed by atoms with Crippen LogP contribution in [0.2, 0.25) is 5.02 Å². The summed E-state index contributed by atoms with van der Waals surface area (Å²) in [5.74, 6) is -0.134. The zero-order valence-corrected chi connectivity index (χ0v) is 29.2. The largest absolute Gasteiger partial charge is 0.482 e. The SMILES string of the molecule is CCCCN(CCCC)C(=O)c1cc(C)n(-c2ccc(NC(=O)COc3ccccc3Cl)cc2C(O)N2Cc3ccccc3C[C@H]2CO)n1. The molecular formula is C38H46ClN5O5. The molecule has 2 amide bonds. The molecule has 49 heavy (non-hydrogen) atoms. The van der Waals surface area contributed by atoms with Crippen molar-refractivity contribution in [3.05, 3.63) is 106 Å². The van der Waals surface area contributed by atoms with Crippen LogP contribution in [0, 0.1) is 6.92 Å². The maximum Gasteiger partial charge on any atom is 0.274 e. The van der Waals surface area contributed by atoms with Crippen LogP contribution in [-0.2, 0) is 17.8 Å². The number of benzene rings is 3. The van der Waals surface area contributed by atoms with Gasteiger partial charge in [0.25, 0.3) is 11.8 Å². The molecule has 1 aliphatic rings. The Morgan fingerprint density at radius 1 is 1.02 bits per heavy atom. The van der Waals surface area contributed by atoms with Crippen LogP contribution < -0.4 is 10.1 Å². The highest BCUT2D eigenvalue weighted by atomic mass is 35.5. The molecule has 0 bridgehead atoms. The number of aliphatic hydroxyl groups excluding tert-OH is 2. The predicted octanol–water partition coefficient (Wildman–Crippen LogP) is 6.30. The zero-order valence-electron chi connectivity index (χ0n) is 28.4. The number of para-hydroxylation sites is 1. The van der Waals surface area contributed by atoms with E-state index in [-0.39, 0.29) is 25.2 Å². The fourth-order valence-corrected chi connectivity index (χ4v) is 6.36. The van der Waals surface area contributed by atoms with Crippen LogP contribution in [0.25, 0.3) is 5.69 Å². The van der Waals surface area contributed by atoms with Gasteiger partial charge in [0.1, 0.15) is 12.0 Å². The molecule has 3 aromatic carbocycles. The Labute approximate surface area is 293 Å². The number of hydrogen-bond donors (Lipinski definition) is 3. The van der Waals surface area contributed by atoms with Crippen LogP contribution in [0.5, 0.6) is 5.75 Å². The van der Waals surface area contributed by atoms with Gasteiger partial charge in [-0.15, -0.1) is 0 Å². The first-order valence-corrected chi connectivity index (χ1v) is 17.4. The second-order valence-corrected chi connectivity index (χ2v) is 12.9. The molecule has 10 nitrogen and oxygen atoms in total. The second-order valence-electron chi connectivity index (χ2n) is 12.5. The first-order valence-electron chi connectivity index (χ1n) is 17.0. The van der Waals surface area contributed by atoms with Crippen molar-refractivity contribution >= 4 is 29.1 Å². The molecule has 3 N–H and O–H groups in total. The third-order valence-electron chi connectivity index (χ3n) is 8.89. The van der Waals surface area contributed by atoms with Crippen molar-refractivity contribution in [1.29, 1.82) is 0 Å². The van der Waals surface area contributed by atoms with Crippen molar-refractivity contribution in [2.75, 3.05) is 31.6 Å². The quantitative estimate of drug-likeness (QED) is 0.134. The predicted molar refractivity (Wildman–Crippen MR) is 191 cm³/mol. The molecule has 0 fully saturated rings. The van der Waals surface area contributed by atoms with Crippen LogP contribution >= 0.6 is 11.6 Å². The number of aromatic nitrogens is 2. The van der Waals surface area contributed by atoms with E-state index in [1.54, 1.807) is 53.2 Å². The van der Waals surface area contributed by atoms with Gasteiger partial charge in [0, 0.05) is 42.6 Å². The Hall–Kier alpha value is -4.22. The number of fused-ring (bicyclic) bond motifs is 1. The fourth-order valence-electron chi connectivity index (χ4n) is 6.17. The van der Waals surface area contributed by atoms with E-state index in [0.29, 0.717) is 59.5 Å². The standard InChI is InChI=1S/C38H46ClN5O5/c1-4-6-18-42(19-7-5-2)38(48)33-20-26(3)44(41-33)34-17-16-29(40-36(46)25-49-35-15-11-10-14-32(35)39)22-31(34)37(47)43-23-28-13-9-8-12-27(28)21-30(43)24-45/h8-17,20,22,30,37,45,47H,4-7,18-19,21,23-25H2,1-3H3,(H,40,46)/t30-,37?/m0/s1. The normalized spacial score (nSPS) is 15.0.